The van der Waals surface area contributed by atoms with Gasteiger partial charge in [-0.1, -0.05) is 5.16 Å². The summed E-state index contributed by atoms with van der Waals surface area (Å²) in [5.41, 5.74) is 8.24. The topological polar surface area (TPSA) is 102 Å². The van der Waals surface area contributed by atoms with Gasteiger partial charge in [-0.15, -0.1) is 11.3 Å². The first kappa shape index (κ1) is 21.4. The van der Waals surface area contributed by atoms with Crippen LogP contribution in [0.3, 0.4) is 0 Å². The number of nitrogens with two attached hydrogens (primary N) is 1. The molecule has 0 saturated carbocycles. The standard InChI is InChI=1S/C22H26N4O3S/c1-24-22-25-20(15-30-22)16-5-9-18(10-6-16)28-13-3-2-4-14-29-19-11-7-17(8-12-19)21(23)26-27/h5-12,15,27H,2-4,13-14H2,1H3,(H2,23,26)(H,24,25). The summed E-state index contributed by atoms with van der Waals surface area (Å²) in [6.45, 7) is 1.31. The Kier molecular flexibility index (Phi) is 7.91. The SMILES string of the molecule is CNc1nc(-c2ccc(OCCCCCOc3ccc(/C(N)=N/O)cc3)cc2)cs1. The molecule has 0 amide bonds. The number of nitrogens with one attached hydrogen (secondary N) is 1. The predicted molar refractivity (Wildman–Crippen MR) is 121 cm³/mol. The molecule has 0 bridgehead atoms. The Labute approximate surface area is 180 Å². The van der Waals surface area contributed by atoms with Gasteiger partial charge in [0.25, 0.3) is 0 Å². The van der Waals surface area contributed by atoms with Crippen LogP contribution in [0, 0.1) is 0 Å². The maximum absolute atomic E-state index is 8.66. The zero-order valence-electron chi connectivity index (χ0n) is 16.9. The number of aromatic nitrogens is 1. The number of rotatable bonds is 11. The normalized spacial score (nSPS) is 11.3. The number of nitrogens with zero attached hydrogens (tertiary/aromatic N) is 2. The fourth-order valence-corrected chi connectivity index (χ4v) is 3.46. The highest BCUT2D eigenvalue weighted by atomic mass is 32.1. The van der Waals surface area contributed by atoms with Crippen molar-refractivity contribution >= 4 is 22.3 Å². The molecule has 30 heavy (non-hydrogen) atoms. The molecule has 7 nitrogen and oxygen atoms in total. The third-order valence-electron chi connectivity index (χ3n) is 4.45. The first-order valence-electron chi connectivity index (χ1n) is 9.77. The van der Waals surface area contributed by atoms with Gasteiger partial charge in [0.2, 0.25) is 0 Å². The van der Waals surface area contributed by atoms with E-state index in [2.05, 4.69) is 15.5 Å². The Morgan fingerprint density at radius 2 is 1.60 bits per heavy atom. The molecule has 0 aliphatic heterocycles. The molecular formula is C22H26N4O3S. The Morgan fingerprint density at radius 3 is 2.13 bits per heavy atom. The van der Waals surface area contributed by atoms with Crippen molar-refractivity contribution in [1.82, 2.24) is 4.98 Å². The van der Waals surface area contributed by atoms with Crippen LogP contribution in [0.15, 0.2) is 59.1 Å². The van der Waals surface area contributed by atoms with Gasteiger partial charge in [0.15, 0.2) is 11.0 Å². The van der Waals surface area contributed by atoms with Crippen LogP contribution in [0.5, 0.6) is 11.5 Å². The molecule has 0 fully saturated rings. The van der Waals surface area contributed by atoms with Crippen molar-refractivity contribution in [2.45, 2.75) is 19.3 Å². The lowest BCUT2D eigenvalue weighted by Gasteiger charge is -2.08. The van der Waals surface area contributed by atoms with E-state index in [9.17, 15) is 0 Å². The number of hydrogen-bond donors (Lipinski definition) is 3. The summed E-state index contributed by atoms with van der Waals surface area (Å²) in [5.74, 6) is 1.72. The molecule has 158 valence electrons. The van der Waals surface area contributed by atoms with Crippen LogP contribution in [0.1, 0.15) is 24.8 Å². The van der Waals surface area contributed by atoms with E-state index < -0.39 is 0 Å². The fraction of sp³-hybridized carbons (Fsp3) is 0.273. The lowest BCUT2D eigenvalue weighted by Crippen LogP contribution is -2.12. The summed E-state index contributed by atoms with van der Waals surface area (Å²) >= 11 is 1.59. The first-order valence-corrected chi connectivity index (χ1v) is 10.6. The van der Waals surface area contributed by atoms with Gasteiger partial charge in [-0.05, 0) is 67.8 Å². The smallest absolute Gasteiger partial charge is 0.182 e. The molecule has 0 aliphatic carbocycles. The Balaban J connectivity index is 1.31. The van der Waals surface area contributed by atoms with Crippen molar-refractivity contribution in [3.05, 3.63) is 59.5 Å². The monoisotopic (exact) mass is 426 g/mol. The van der Waals surface area contributed by atoms with Gasteiger partial charge in [-0.3, -0.25) is 0 Å². The largest absolute Gasteiger partial charge is 0.494 e. The number of unbranched alkanes of at least 4 members (excludes halogenated alkanes) is 2. The van der Waals surface area contributed by atoms with E-state index in [-0.39, 0.29) is 5.84 Å². The molecule has 1 heterocycles. The Morgan fingerprint density at radius 1 is 1.00 bits per heavy atom. The maximum Gasteiger partial charge on any atom is 0.182 e. The van der Waals surface area contributed by atoms with Gasteiger partial charge in [-0.2, -0.15) is 0 Å². The molecule has 1 aromatic heterocycles. The number of thiazole rings is 1. The van der Waals surface area contributed by atoms with Gasteiger partial charge in [0, 0.05) is 23.6 Å². The highest BCUT2D eigenvalue weighted by Crippen LogP contribution is 2.26. The number of anilines is 1. The average Bonchev–Trinajstić information content (AvgIpc) is 3.28. The zero-order valence-corrected chi connectivity index (χ0v) is 17.7. The van der Waals surface area contributed by atoms with Crippen molar-refractivity contribution in [3.63, 3.8) is 0 Å². The van der Waals surface area contributed by atoms with Crippen LogP contribution in [0.4, 0.5) is 5.13 Å². The second kappa shape index (κ2) is 11.1. The quantitative estimate of drug-likeness (QED) is 0.136. The van der Waals surface area contributed by atoms with Crippen molar-refractivity contribution < 1.29 is 14.7 Å². The van der Waals surface area contributed by atoms with E-state index in [4.69, 9.17) is 20.4 Å². The van der Waals surface area contributed by atoms with Gasteiger partial charge in [0.05, 0.1) is 18.9 Å². The molecule has 0 atom stereocenters. The Hall–Kier alpha value is -3.26. The van der Waals surface area contributed by atoms with Crippen molar-refractivity contribution in [2.24, 2.45) is 10.9 Å². The lowest BCUT2D eigenvalue weighted by molar-refractivity contribution is 0.279. The van der Waals surface area contributed by atoms with Gasteiger partial charge < -0.3 is 25.7 Å². The van der Waals surface area contributed by atoms with Crippen LogP contribution >= 0.6 is 11.3 Å². The van der Waals surface area contributed by atoms with E-state index in [0.717, 1.165) is 47.2 Å². The van der Waals surface area contributed by atoms with Crippen LogP contribution < -0.4 is 20.5 Å². The highest BCUT2D eigenvalue weighted by Gasteiger charge is 2.04. The summed E-state index contributed by atoms with van der Waals surface area (Å²) in [7, 11) is 1.87. The minimum Gasteiger partial charge on any atom is -0.494 e. The van der Waals surface area contributed by atoms with E-state index in [1.54, 1.807) is 23.5 Å². The first-order chi connectivity index (χ1) is 14.7. The van der Waals surface area contributed by atoms with Crippen LogP contribution in [-0.4, -0.2) is 36.3 Å². The second-order valence-electron chi connectivity index (χ2n) is 6.58. The molecule has 3 aromatic rings. The van der Waals surface area contributed by atoms with E-state index in [0.29, 0.717) is 18.8 Å². The van der Waals surface area contributed by atoms with E-state index >= 15 is 0 Å². The summed E-state index contributed by atoms with van der Waals surface area (Å²) < 4.78 is 11.5. The number of amidine groups is 1. The summed E-state index contributed by atoms with van der Waals surface area (Å²) in [5, 5.41) is 17.6. The molecular weight excluding hydrogens is 400 g/mol. The van der Waals surface area contributed by atoms with Crippen molar-refractivity contribution in [3.8, 4) is 22.8 Å². The third kappa shape index (κ3) is 6.12. The Bertz CT molecular complexity index is 940. The number of benzene rings is 2. The fourth-order valence-electron chi connectivity index (χ4n) is 2.78. The predicted octanol–water partition coefficient (Wildman–Crippen LogP) is 4.57. The minimum atomic E-state index is 0.0854. The summed E-state index contributed by atoms with van der Waals surface area (Å²) in [6.07, 6.45) is 2.93. The van der Waals surface area contributed by atoms with Crippen LogP contribution in [0.25, 0.3) is 11.3 Å². The van der Waals surface area contributed by atoms with Crippen LogP contribution in [0.2, 0.25) is 0 Å². The number of ether oxygens (including phenoxy) is 2. The van der Waals surface area contributed by atoms with Gasteiger partial charge >= 0.3 is 0 Å². The second-order valence-corrected chi connectivity index (χ2v) is 7.44. The van der Waals surface area contributed by atoms with E-state index in [1.165, 1.54) is 0 Å². The van der Waals surface area contributed by atoms with Crippen molar-refractivity contribution in [2.75, 3.05) is 25.6 Å². The molecule has 4 N–H and O–H groups in total. The molecule has 0 saturated heterocycles. The third-order valence-corrected chi connectivity index (χ3v) is 5.31. The van der Waals surface area contributed by atoms with Crippen molar-refractivity contribution in [1.29, 1.82) is 0 Å². The lowest BCUT2D eigenvalue weighted by atomic mass is 10.2. The number of oxime groups is 1. The molecule has 3 rings (SSSR count). The molecule has 0 unspecified atom stereocenters. The van der Waals surface area contributed by atoms with Gasteiger partial charge in [-0.25, -0.2) is 4.98 Å². The molecule has 8 heteroatoms. The zero-order chi connectivity index (χ0) is 21.2. The summed E-state index contributed by atoms with van der Waals surface area (Å²) in [4.78, 5) is 4.50. The molecule has 0 spiro atoms. The molecule has 2 aromatic carbocycles. The van der Waals surface area contributed by atoms with Gasteiger partial charge in [0.1, 0.15) is 11.5 Å². The van der Waals surface area contributed by atoms with E-state index in [1.807, 2.05) is 48.8 Å². The number of hydrogen-bond acceptors (Lipinski definition) is 7. The van der Waals surface area contributed by atoms with Crippen LogP contribution in [-0.2, 0) is 0 Å². The summed E-state index contributed by atoms with van der Waals surface area (Å²) in [6, 6.07) is 15.2. The average molecular weight is 427 g/mol. The highest BCUT2D eigenvalue weighted by molar-refractivity contribution is 7.14. The molecule has 0 aliphatic rings. The maximum atomic E-state index is 8.66. The molecule has 0 radical (unpaired) electrons. The minimum absolute atomic E-state index is 0.0854.